The molecule has 142 valence electrons. The smallest absolute Gasteiger partial charge is 0.243 e. The van der Waals surface area contributed by atoms with Crippen molar-refractivity contribution in [2.75, 3.05) is 38.0 Å². The summed E-state index contributed by atoms with van der Waals surface area (Å²) in [7, 11) is -3.47. The van der Waals surface area contributed by atoms with Crippen LogP contribution in [0, 0.1) is 5.92 Å². The Morgan fingerprint density at radius 2 is 1.88 bits per heavy atom. The molecule has 4 rings (SSSR count). The lowest BCUT2D eigenvalue weighted by Crippen LogP contribution is -2.43. The van der Waals surface area contributed by atoms with E-state index in [1.165, 1.54) is 12.8 Å². The maximum atomic E-state index is 13.1. The van der Waals surface area contributed by atoms with Gasteiger partial charge in [0.1, 0.15) is 0 Å². The van der Waals surface area contributed by atoms with E-state index in [0.29, 0.717) is 36.7 Å². The maximum Gasteiger partial charge on any atom is 0.243 e. The molecule has 1 aromatic rings. The molecular formula is C19H27N3O3S. The van der Waals surface area contributed by atoms with E-state index in [0.717, 1.165) is 43.7 Å². The first-order valence-electron chi connectivity index (χ1n) is 9.68. The predicted molar refractivity (Wildman–Crippen MR) is 101 cm³/mol. The van der Waals surface area contributed by atoms with Crippen molar-refractivity contribution in [1.29, 1.82) is 0 Å². The molecule has 2 fully saturated rings. The number of sulfonamides is 1. The third kappa shape index (κ3) is 3.66. The van der Waals surface area contributed by atoms with Gasteiger partial charge in [-0.1, -0.05) is 0 Å². The van der Waals surface area contributed by atoms with Crippen molar-refractivity contribution in [2.24, 2.45) is 5.92 Å². The molecule has 0 spiro atoms. The molecule has 1 atom stereocenters. The van der Waals surface area contributed by atoms with Crippen LogP contribution < -0.4 is 5.32 Å². The molecule has 6 nitrogen and oxygen atoms in total. The highest BCUT2D eigenvalue weighted by Gasteiger charge is 2.32. The molecule has 0 unspecified atom stereocenters. The average molecular weight is 378 g/mol. The molecule has 3 aliphatic heterocycles. The van der Waals surface area contributed by atoms with E-state index in [-0.39, 0.29) is 5.91 Å². The van der Waals surface area contributed by atoms with Gasteiger partial charge in [-0.05, 0) is 74.9 Å². The van der Waals surface area contributed by atoms with E-state index in [1.54, 1.807) is 22.5 Å². The van der Waals surface area contributed by atoms with Crippen molar-refractivity contribution in [1.82, 2.24) is 9.21 Å². The van der Waals surface area contributed by atoms with Gasteiger partial charge in [0, 0.05) is 31.7 Å². The van der Waals surface area contributed by atoms with Crippen LogP contribution >= 0.6 is 0 Å². The molecule has 0 aliphatic carbocycles. The number of benzene rings is 1. The topological polar surface area (TPSA) is 69.7 Å². The SMILES string of the molecule is O=C1CCc2cc(S(=O)(=O)N3CCC[C@@H](CN4CCCC4)C3)ccc2N1. The summed E-state index contributed by atoms with van der Waals surface area (Å²) < 4.78 is 28.0. The largest absolute Gasteiger partial charge is 0.326 e. The molecular weight excluding hydrogens is 350 g/mol. The van der Waals surface area contributed by atoms with E-state index >= 15 is 0 Å². The molecule has 1 amide bonds. The zero-order valence-corrected chi connectivity index (χ0v) is 15.9. The van der Waals surface area contributed by atoms with Gasteiger partial charge in [0.2, 0.25) is 15.9 Å². The van der Waals surface area contributed by atoms with Gasteiger partial charge in [0.15, 0.2) is 0 Å². The second kappa shape index (κ2) is 7.29. The fourth-order valence-corrected chi connectivity index (χ4v) is 6.00. The molecule has 7 heteroatoms. The first-order chi connectivity index (χ1) is 12.5. The summed E-state index contributed by atoms with van der Waals surface area (Å²) in [5.74, 6) is 0.419. The lowest BCUT2D eigenvalue weighted by atomic mass is 9.99. The third-order valence-electron chi connectivity index (χ3n) is 5.81. The highest BCUT2D eigenvalue weighted by molar-refractivity contribution is 7.89. The Hall–Kier alpha value is -1.44. The number of hydrogen-bond donors (Lipinski definition) is 1. The molecule has 0 bridgehead atoms. The zero-order chi connectivity index (χ0) is 18.1. The quantitative estimate of drug-likeness (QED) is 0.872. The molecule has 0 radical (unpaired) electrons. The zero-order valence-electron chi connectivity index (χ0n) is 15.1. The van der Waals surface area contributed by atoms with Gasteiger partial charge in [-0.3, -0.25) is 4.79 Å². The van der Waals surface area contributed by atoms with E-state index in [2.05, 4.69) is 10.2 Å². The minimum Gasteiger partial charge on any atom is -0.326 e. The summed E-state index contributed by atoms with van der Waals surface area (Å²) in [6.45, 7) is 4.54. The van der Waals surface area contributed by atoms with Crippen molar-refractivity contribution in [3.8, 4) is 0 Å². The second-order valence-corrected chi connectivity index (χ2v) is 9.68. The number of amides is 1. The van der Waals surface area contributed by atoms with Gasteiger partial charge < -0.3 is 10.2 Å². The molecule has 1 aromatic carbocycles. The van der Waals surface area contributed by atoms with E-state index in [9.17, 15) is 13.2 Å². The number of nitrogens with zero attached hydrogens (tertiary/aromatic N) is 2. The number of nitrogens with one attached hydrogen (secondary N) is 1. The van der Waals surface area contributed by atoms with Gasteiger partial charge >= 0.3 is 0 Å². The highest BCUT2D eigenvalue weighted by Crippen LogP contribution is 2.29. The van der Waals surface area contributed by atoms with E-state index < -0.39 is 10.0 Å². The number of anilines is 1. The van der Waals surface area contributed by atoms with E-state index in [4.69, 9.17) is 0 Å². The molecule has 3 aliphatic rings. The molecule has 0 saturated carbocycles. The summed E-state index contributed by atoms with van der Waals surface area (Å²) in [5.41, 5.74) is 1.65. The lowest BCUT2D eigenvalue weighted by molar-refractivity contribution is -0.116. The Morgan fingerprint density at radius 1 is 1.08 bits per heavy atom. The number of carbonyl (C=O) groups is 1. The minimum absolute atomic E-state index is 0.00566. The van der Waals surface area contributed by atoms with Crippen molar-refractivity contribution in [3.05, 3.63) is 23.8 Å². The van der Waals surface area contributed by atoms with Gasteiger partial charge in [-0.2, -0.15) is 4.31 Å². The Balaban J connectivity index is 1.49. The number of rotatable bonds is 4. The van der Waals surface area contributed by atoms with Crippen LogP contribution in [0.2, 0.25) is 0 Å². The fraction of sp³-hybridized carbons (Fsp3) is 0.632. The lowest BCUT2D eigenvalue weighted by Gasteiger charge is -2.34. The number of fused-ring (bicyclic) bond motifs is 1. The fourth-order valence-electron chi connectivity index (χ4n) is 4.39. The average Bonchev–Trinajstić information content (AvgIpc) is 3.14. The number of piperidine rings is 1. The van der Waals surface area contributed by atoms with Crippen LogP contribution in [0.5, 0.6) is 0 Å². The molecule has 3 heterocycles. The Kier molecular flexibility index (Phi) is 5.03. The number of likely N-dealkylation sites (tertiary alicyclic amines) is 1. The van der Waals surface area contributed by atoms with Crippen LogP contribution in [0.1, 0.15) is 37.7 Å². The van der Waals surface area contributed by atoms with Gasteiger partial charge in [-0.15, -0.1) is 0 Å². The first kappa shape index (κ1) is 17.9. The summed E-state index contributed by atoms with van der Waals surface area (Å²) in [5, 5.41) is 2.81. The van der Waals surface area contributed by atoms with Crippen LogP contribution in [0.15, 0.2) is 23.1 Å². The summed E-state index contributed by atoms with van der Waals surface area (Å²) in [4.78, 5) is 14.3. The van der Waals surface area contributed by atoms with E-state index in [1.807, 2.05) is 0 Å². The van der Waals surface area contributed by atoms with Crippen molar-refractivity contribution in [3.63, 3.8) is 0 Å². The Bertz CT molecular complexity index is 787. The second-order valence-electron chi connectivity index (χ2n) is 7.75. The van der Waals surface area contributed by atoms with Crippen molar-refractivity contribution in [2.45, 2.75) is 43.4 Å². The van der Waals surface area contributed by atoms with Gasteiger partial charge in [0.05, 0.1) is 4.90 Å². The van der Waals surface area contributed by atoms with Crippen LogP contribution in [0.25, 0.3) is 0 Å². The first-order valence-corrected chi connectivity index (χ1v) is 11.1. The predicted octanol–water partition coefficient (Wildman–Crippen LogP) is 2.07. The van der Waals surface area contributed by atoms with Crippen LogP contribution in [0.3, 0.4) is 0 Å². The number of aryl methyl sites for hydroxylation is 1. The number of carbonyl (C=O) groups excluding carboxylic acids is 1. The Labute approximate surface area is 155 Å². The van der Waals surface area contributed by atoms with Gasteiger partial charge in [-0.25, -0.2) is 8.42 Å². The molecule has 1 N–H and O–H groups in total. The summed E-state index contributed by atoms with van der Waals surface area (Å²) in [6, 6.07) is 5.10. The van der Waals surface area contributed by atoms with Crippen LogP contribution in [-0.4, -0.2) is 56.3 Å². The van der Waals surface area contributed by atoms with Crippen LogP contribution in [-0.2, 0) is 21.2 Å². The number of hydrogen-bond acceptors (Lipinski definition) is 4. The van der Waals surface area contributed by atoms with Crippen molar-refractivity contribution >= 4 is 21.6 Å². The summed E-state index contributed by atoms with van der Waals surface area (Å²) >= 11 is 0. The monoisotopic (exact) mass is 377 g/mol. The normalized spacial score (nSPS) is 25.1. The molecule has 2 saturated heterocycles. The Morgan fingerprint density at radius 3 is 2.69 bits per heavy atom. The molecule has 0 aromatic heterocycles. The third-order valence-corrected chi connectivity index (χ3v) is 7.67. The highest BCUT2D eigenvalue weighted by atomic mass is 32.2. The van der Waals surface area contributed by atoms with Gasteiger partial charge in [0.25, 0.3) is 0 Å². The van der Waals surface area contributed by atoms with Crippen LogP contribution in [0.4, 0.5) is 5.69 Å². The standard InChI is InChI=1S/C19H27N3O3S/c23-19-8-5-16-12-17(6-7-18(16)20-19)26(24,25)22-11-3-4-15(14-22)13-21-9-1-2-10-21/h6-7,12,15H,1-5,8-11,13-14H2,(H,20,23)/t15-/m0/s1. The summed E-state index contributed by atoms with van der Waals surface area (Å²) in [6.07, 6.45) is 5.58. The maximum absolute atomic E-state index is 13.1. The minimum atomic E-state index is -3.47. The van der Waals surface area contributed by atoms with Crippen molar-refractivity contribution < 1.29 is 13.2 Å². The molecule has 26 heavy (non-hydrogen) atoms.